The van der Waals surface area contributed by atoms with E-state index in [1.807, 2.05) is 0 Å². The zero-order chi connectivity index (χ0) is 12.8. The van der Waals surface area contributed by atoms with Gasteiger partial charge in [-0.3, -0.25) is 9.59 Å². The topological polar surface area (TPSA) is 66.4 Å². The third-order valence-corrected chi connectivity index (χ3v) is 2.40. The first-order chi connectivity index (χ1) is 8.00. The van der Waals surface area contributed by atoms with Crippen LogP contribution in [0.25, 0.3) is 0 Å². The predicted octanol–water partition coefficient (Wildman–Crippen LogP) is 1.39. The maximum atomic E-state index is 11.6. The lowest BCUT2D eigenvalue weighted by Gasteiger charge is -2.07. The number of rotatable bonds is 5. The zero-order valence-corrected chi connectivity index (χ0v) is 10.1. The van der Waals surface area contributed by atoms with Crippen LogP contribution in [0.15, 0.2) is 24.3 Å². The van der Waals surface area contributed by atoms with Crippen molar-refractivity contribution in [1.82, 2.24) is 5.32 Å². The van der Waals surface area contributed by atoms with Crippen LogP contribution < -0.4 is 5.32 Å². The van der Waals surface area contributed by atoms with Gasteiger partial charge in [0.25, 0.3) is 5.91 Å². The van der Waals surface area contributed by atoms with Crippen LogP contribution in [0, 0.1) is 0 Å². The molecule has 17 heavy (non-hydrogen) atoms. The number of ketones is 1. The molecule has 0 saturated carbocycles. The first-order valence-corrected chi connectivity index (χ1v) is 5.58. The molecular weight excluding hydrogens is 218 g/mol. The second-order valence-electron chi connectivity index (χ2n) is 4.03. The van der Waals surface area contributed by atoms with Gasteiger partial charge in [-0.05, 0) is 32.4 Å². The number of carbonyl (C=O) groups excluding carboxylic acids is 2. The normalized spacial score (nSPS) is 11.9. The van der Waals surface area contributed by atoms with E-state index in [1.54, 1.807) is 31.2 Å². The number of hydrogen-bond acceptors (Lipinski definition) is 3. The molecule has 0 spiro atoms. The largest absolute Gasteiger partial charge is 0.393 e. The molecule has 2 N–H and O–H groups in total. The summed E-state index contributed by atoms with van der Waals surface area (Å²) in [5.74, 6) is -0.216. The van der Waals surface area contributed by atoms with Crippen molar-refractivity contribution in [2.24, 2.45) is 0 Å². The predicted molar refractivity (Wildman–Crippen MR) is 65.1 cm³/mol. The summed E-state index contributed by atoms with van der Waals surface area (Å²) in [5, 5.41) is 11.7. The Morgan fingerprint density at radius 1 is 1.24 bits per heavy atom. The lowest BCUT2D eigenvalue weighted by atomic mass is 10.1. The standard InChI is InChI=1S/C13H17NO3/c1-9(15)7-8-14-13(17)12-5-3-11(4-6-12)10(2)16/h3-6,9,15H,7-8H2,1-2H3,(H,14,17). The van der Waals surface area contributed by atoms with Gasteiger partial charge < -0.3 is 10.4 Å². The summed E-state index contributed by atoms with van der Waals surface area (Å²) in [6.45, 7) is 3.59. The van der Waals surface area contributed by atoms with Gasteiger partial charge in [0.2, 0.25) is 0 Å². The molecular formula is C13H17NO3. The van der Waals surface area contributed by atoms with Crippen molar-refractivity contribution in [1.29, 1.82) is 0 Å². The van der Waals surface area contributed by atoms with Crippen LogP contribution in [0.1, 0.15) is 41.0 Å². The van der Waals surface area contributed by atoms with Gasteiger partial charge in [-0.2, -0.15) is 0 Å². The third kappa shape index (κ3) is 4.36. The number of benzene rings is 1. The number of nitrogens with one attached hydrogen (secondary N) is 1. The molecule has 1 unspecified atom stereocenters. The highest BCUT2D eigenvalue weighted by atomic mass is 16.3. The molecule has 0 fully saturated rings. The molecule has 0 aromatic heterocycles. The van der Waals surface area contributed by atoms with E-state index in [9.17, 15) is 9.59 Å². The molecule has 0 aliphatic carbocycles. The average molecular weight is 235 g/mol. The van der Waals surface area contributed by atoms with Gasteiger partial charge in [-0.25, -0.2) is 0 Å². The Hall–Kier alpha value is -1.68. The van der Waals surface area contributed by atoms with Gasteiger partial charge in [0.05, 0.1) is 6.10 Å². The van der Waals surface area contributed by atoms with E-state index in [0.717, 1.165) is 0 Å². The Bertz CT molecular complexity index is 396. The Labute approximate surface area is 101 Å². The highest BCUT2D eigenvalue weighted by molar-refractivity contribution is 5.97. The van der Waals surface area contributed by atoms with Crippen LogP contribution in [0.2, 0.25) is 0 Å². The molecule has 0 radical (unpaired) electrons. The van der Waals surface area contributed by atoms with Gasteiger partial charge in [-0.15, -0.1) is 0 Å². The first-order valence-electron chi connectivity index (χ1n) is 5.58. The highest BCUT2D eigenvalue weighted by Gasteiger charge is 2.06. The van der Waals surface area contributed by atoms with Gasteiger partial charge in [0.1, 0.15) is 0 Å². The molecule has 4 heteroatoms. The minimum atomic E-state index is -0.421. The Balaban J connectivity index is 2.55. The van der Waals surface area contributed by atoms with E-state index < -0.39 is 6.10 Å². The summed E-state index contributed by atoms with van der Waals surface area (Å²) >= 11 is 0. The van der Waals surface area contributed by atoms with Crippen LogP contribution >= 0.6 is 0 Å². The van der Waals surface area contributed by atoms with Crippen LogP contribution in [0.4, 0.5) is 0 Å². The van der Waals surface area contributed by atoms with E-state index in [4.69, 9.17) is 5.11 Å². The summed E-state index contributed by atoms with van der Waals surface area (Å²) < 4.78 is 0. The lowest BCUT2D eigenvalue weighted by Crippen LogP contribution is -2.26. The van der Waals surface area contributed by atoms with Crippen molar-refractivity contribution in [2.75, 3.05) is 6.54 Å². The number of amides is 1. The Morgan fingerprint density at radius 3 is 2.24 bits per heavy atom. The quantitative estimate of drug-likeness (QED) is 0.758. The molecule has 4 nitrogen and oxygen atoms in total. The second kappa shape index (κ2) is 6.15. The van der Waals surface area contributed by atoms with E-state index in [2.05, 4.69) is 5.32 Å². The molecule has 1 rings (SSSR count). The van der Waals surface area contributed by atoms with Gasteiger partial charge in [0, 0.05) is 17.7 Å². The molecule has 0 saturated heterocycles. The van der Waals surface area contributed by atoms with Crippen molar-refractivity contribution in [3.05, 3.63) is 35.4 Å². The van der Waals surface area contributed by atoms with Crippen molar-refractivity contribution < 1.29 is 14.7 Å². The Kier molecular flexibility index (Phi) is 4.84. The van der Waals surface area contributed by atoms with Crippen LogP contribution in [-0.4, -0.2) is 29.4 Å². The molecule has 0 heterocycles. The summed E-state index contributed by atoms with van der Waals surface area (Å²) in [5.41, 5.74) is 1.10. The molecule has 0 aliphatic rings. The van der Waals surface area contributed by atoms with E-state index in [1.165, 1.54) is 6.92 Å². The minimum absolute atomic E-state index is 0.0222. The van der Waals surface area contributed by atoms with Crippen molar-refractivity contribution in [3.63, 3.8) is 0 Å². The summed E-state index contributed by atoms with van der Waals surface area (Å²) in [6.07, 6.45) is 0.104. The monoisotopic (exact) mass is 235 g/mol. The fourth-order valence-corrected chi connectivity index (χ4v) is 1.35. The smallest absolute Gasteiger partial charge is 0.251 e. The van der Waals surface area contributed by atoms with E-state index in [0.29, 0.717) is 24.1 Å². The molecule has 1 amide bonds. The van der Waals surface area contributed by atoms with Gasteiger partial charge in [0.15, 0.2) is 5.78 Å². The summed E-state index contributed by atoms with van der Waals surface area (Å²) in [7, 11) is 0. The molecule has 1 aromatic rings. The molecule has 92 valence electrons. The van der Waals surface area contributed by atoms with Crippen molar-refractivity contribution in [3.8, 4) is 0 Å². The van der Waals surface area contributed by atoms with Crippen LogP contribution in [0.5, 0.6) is 0 Å². The fourth-order valence-electron chi connectivity index (χ4n) is 1.35. The minimum Gasteiger partial charge on any atom is -0.393 e. The molecule has 1 atom stereocenters. The number of hydrogen-bond donors (Lipinski definition) is 2. The summed E-state index contributed by atoms with van der Waals surface area (Å²) in [6, 6.07) is 6.50. The van der Waals surface area contributed by atoms with Crippen LogP contribution in [-0.2, 0) is 0 Å². The SMILES string of the molecule is CC(=O)c1ccc(C(=O)NCCC(C)O)cc1. The highest BCUT2D eigenvalue weighted by Crippen LogP contribution is 2.05. The zero-order valence-electron chi connectivity index (χ0n) is 10.1. The maximum Gasteiger partial charge on any atom is 0.251 e. The molecule has 1 aromatic carbocycles. The second-order valence-corrected chi connectivity index (χ2v) is 4.03. The Morgan fingerprint density at radius 2 is 1.76 bits per heavy atom. The average Bonchev–Trinajstić information content (AvgIpc) is 2.28. The maximum absolute atomic E-state index is 11.6. The van der Waals surface area contributed by atoms with E-state index in [-0.39, 0.29) is 11.7 Å². The third-order valence-electron chi connectivity index (χ3n) is 2.40. The number of Topliss-reactive ketones (excluding diaryl/α,β-unsaturated/α-hetero) is 1. The first kappa shape index (κ1) is 13.4. The van der Waals surface area contributed by atoms with E-state index >= 15 is 0 Å². The lowest BCUT2D eigenvalue weighted by molar-refractivity contribution is 0.0943. The van der Waals surface area contributed by atoms with Gasteiger partial charge >= 0.3 is 0 Å². The number of carbonyl (C=O) groups is 2. The van der Waals surface area contributed by atoms with Crippen LogP contribution in [0.3, 0.4) is 0 Å². The van der Waals surface area contributed by atoms with Crippen molar-refractivity contribution >= 4 is 11.7 Å². The number of aliphatic hydroxyl groups excluding tert-OH is 1. The summed E-state index contributed by atoms with van der Waals surface area (Å²) in [4.78, 5) is 22.7. The molecule has 0 bridgehead atoms. The number of aliphatic hydroxyl groups is 1. The van der Waals surface area contributed by atoms with Gasteiger partial charge in [-0.1, -0.05) is 12.1 Å². The molecule has 0 aliphatic heterocycles. The van der Waals surface area contributed by atoms with Crippen molar-refractivity contribution in [2.45, 2.75) is 26.4 Å². The fraction of sp³-hybridized carbons (Fsp3) is 0.385.